The van der Waals surface area contributed by atoms with Crippen LogP contribution in [-0.2, 0) is 12.7 Å². The summed E-state index contributed by atoms with van der Waals surface area (Å²) in [4.78, 5) is 0. The SMILES string of the molecule is FC(F)(F)c1cccc(-n2cc(Cn3c4ccccc4c4ccccc43)nn2)c1. The van der Waals surface area contributed by atoms with Crippen LogP contribution in [0.25, 0.3) is 27.5 Å². The Labute approximate surface area is 163 Å². The fourth-order valence-corrected chi connectivity index (χ4v) is 3.66. The van der Waals surface area contributed by atoms with E-state index in [0.29, 0.717) is 17.9 Å². The number of benzene rings is 3. The molecule has 5 aromatic rings. The molecule has 0 N–H and O–H groups in total. The van der Waals surface area contributed by atoms with Crippen molar-refractivity contribution in [1.82, 2.24) is 19.6 Å². The molecule has 0 fully saturated rings. The first kappa shape index (κ1) is 17.5. The molecule has 2 heterocycles. The molecule has 0 unspecified atom stereocenters. The van der Waals surface area contributed by atoms with E-state index in [9.17, 15) is 13.2 Å². The van der Waals surface area contributed by atoms with Crippen molar-refractivity contribution in [2.45, 2.75) is 12.7 Å². The number of rotatable bonds is 3. The summed E-state index contributed by atoms with van der Waals surface area (Å²) in [6.07, 6.45) is -2.73. The van der Waals surface area contributed by atoms with E-state index in [1.54, 1.807) is 12.3 Å². The molecule has 0 amide bonds. The van der Waals surface area contributed by atoms with Crippen LogP contribution in [0, 0.1) is 0 Å². The molecule has 5 rings (SSSR count). The maximum atomic E-state index is 13.0. The molecule has 0 saturated carbocycles. The lowest BCUT2D eigenvalue weighted by Crippen LogP contribution is -2.06. The Balaban J connectivity index is 1.54. The second-order valence-electron chi connectivity index (χ2n) is 6.82. The first-order valence-electron chi connectivity index (χ1n) is 9.05. The van der Waals surface area contributed by atoms with E-state index in [-0.39, 0.29) is 0 Å². The highest BCUT2D eigenvalue weighted by atomic mass is 19.4. The van der Waals surface area contributed by atoms with Gasteiger partial charge in [0.25, 0.3) is 0 Å². The summed E-state index contributed by atoms with van der Waals surface area (Å²) in [6.45, 7) is 0.465. The third-order valence-corrected chi connectivity index (χ3v) is 4.98. The van der Waals surface area contributed by atoms with Crippen molar-refractivity contribution < 1.29 is 13.2 Å². The normalized spacial score (nSPS) is 12.1. The molecule has 144 valence electrons. The molecule has 0 spiro atoms. The first-order valence-corrected chi connectivity index (χ1v) is 9.05. The van der Waals surface area contributed by atoms with Crippen LogP contribution in [-0.4, -0.2) is 19.6 Å². The topological polar surface area (TPSA) is 35.6 Å². The zero-order valence-electron chi connectivity index (χ0n) is 15.1. The second kappa shape index (κ2) is 6.48. The molecule has 0 atom stereocenters. The molecule has 2 aromatic heterocycles. The zero-order valence-corrected chi connectivity index (χ0v) is 15.1. The fourth-order valence-electron chi connectivity index (χ4n) is 3.66. The van der Waals surface area contributed by atoms with Gasteiger partial charge in [0, 0.05) is 21.8 Å². The van der Waals surface area contributed by atoms with Crippen LogP contribution in [0.4, 0.5) is 13.2 Å². The van der Waals surface area contributed by atoms with Crippen LogP contribution in [0.3, 0.4) is 0 Å². The van der Waals surface area contributed by atoms with Gasteiger partial charge in [-0.2, -0.15) is 13.2 Å². The minimum absolute atomic E-state index is 0.320. The van der Waals surface area contributed by atoms with Crippen LogP contribution >= 0.6 is 0 Å². The van der Waals surface area contributed by atoms with Crippen molar-refractivity contribution in [1.29, 1.82) is 0 Å². The van der Waals surface area contributed by atoms with E-state index in [4.69, 9.17) is 0 Å². The number of alkyl halides is 3. The summed E-state index contributed by atoms with van der Waals surface area (Å²) in [7, 11) is 0. The molecular formula is C22H15F3N4. The van der Waals surface area contributed by atoms with E-state index in [1.165, 1.54) is 10.7 Å². The molecule has 29 heavy (non-hydrogen) atoms. The Morgan fingerprint density at radius 3 is 2.10 bits per heavy atom. The Bertz CT molecular complexity index is 1280. The van der Waals surface area contributed by atoms with Gasteiger partial charge in [-0.3, -0.25) is 0 Å². The number of halogens is 3. The molecule has 0 radical (unpaired) electrons. The first-order chi connectivity index (χ1) is 14.0. The number of fused-ring (bicyclic) bond motifs is 3. The third kappa shape index (κ3) is 3.04. The monoisotopic (exact) mass is 392 g/mol. The minimum Gasteiger partial charge on any atom is -0.334 e. The van der Waals surface area contributed by atoms with Gasteiger partial charge < -0.3 is 4.57 Å². The van der Waals surface area contributed by atoms with Crippen molar-refractivity contribution in [3.05, 3.63) is 90.3 Å². The minimum atomic E-state index is -4.40. The van der Waals surface area contributed by atoms with Crippen LogP contribution in [0.5, 0.6) is 0 Å². The maximum absolute atomic E-state index is 13.0. The molecule has 0 saturated heterocycles. The van der Waals surface area contributed by atoms with Crippen LogP contribution in [0.2, 0.25) is 0 Å². The maximum Gasteiger partial charge on any atom is 0.416 e. The quantitative estimate of drug-likeness (QED) is 0.410. The molecule has 0 bridgehead atoms. The Kier molecular flexibility index (Phi) is 3.91. The molecule has 0 aliphatic heterocycles. The third-order valence-electron chi connectivity index (χ3n) is 4.98. The van der Waals surface area contributed by atoms with Gasteiger partial charge in [-0.25, -0.2) is 4.68 Å². The lowest BCUT2D eigenvalue weighted by Gasteiger charge is -2.08. The van der Waals surface area contributed by atoms with E-state index in [1.807, 2.05) is 36.4 Å². The van der Waals surface area contributed by atoms with Crippen molar-refractivity contribution >= 4 is 21.8 Å². The lowest BCUT2D eigenvalue weighted by molar-refractivity contribution is -0.137. The molecule has 0 aliphatic carbocycles. The molecule has 7 heteroatoms. The predicted molar refractivity (Wildman–Crippen MR) is 105 cm³/mol. The van der Waals surface area contributed by atoms with Crippen LogP contribution in [0.1, 0.15) is 11.3 Å². The van der Waals surface area contributed by atoms with E-state index >= 15 is 0 Å². The molecular weight excluding hydrogens is 377 g/mol. The largest absolute Gasteiger partial charge is 0.416 e. The number of aromatic nitrogens is 4. The van der Waals surface area contributed by atoms with Crippen LogP contribution < -0.4 is 0 Å². The highest BCUT2D eigenvalue weighted by molar-refractivity contribution is 6.08. The van der Waals surface area contributed by atoms with Gasteiger partial charge in [-0.15, -0.1) is 5.10 Å². The van der Waals surface area contributed by atoms with Gasteiger partial charge in [-0.05, 0) is 30.3 Å². The summed E-state index contributed by atoms with van der Waals surface area (Å²) in [5.74, 6) is 0. The number of hydrogen-bond donors (Lipinski definition) is 0. The van der Waals surface area contributed by atoms with Gasteiger partial charge in [0.1, 0.15) is 5.69 Å². The Morgan fingerprint density at radius 1 is 0.793 bits per heavy atom. The van der Waals surface area contributed by atoms with Crippen molar-refractivity contribution in [3.63, 3.8) is 0 Å². The standard InChI is InChI=1S/C22H15F3N4/c23-22(24,25)15-6-5-7-17(12-15)29-14-16(26-27-29)13-28-20-10-3-1-8-18(20)19-9-2-4-11-21(19)28/h1-12,14H,13H2. The van der Waals surface area contributed by atoms with E-state index < -0.39 is 11.7 Å². The predicted octanol–water partition coefficient (Wildman–Crippen LogP) is 5.44. The van der Waals surface area contributed by atoms with Gasteiger partial charge in [0.15, 0.2) is 0 Å². The number of nitrogens with zero attached hydrogens (tertiary/aromatic N) is 4. The van der Waals surface area contributed by atoms with Gasteiger partial charge in [0.05, 0.1) is 24.0 Å². The number of para-hydroxylation sites is 2. The zero-order chi connectivity index (χ0) is 20.0. The lowest BCUT2D eigenvalue weighted by atomic mass is 10.2. The fraction of sp³-hybridized carbons (Fsp3) is 0.0909. The van der Waals surface area contributed by atoms with Gasteiger partial charge in [0.2, 0.25) is 0 Å². The highest BCUT2D eigenvalue weighted by Crippen LogP contribution is 2.31. The highest BCUT2D eigenvalue weighted by Gasteiger charge is 2.30. The molecule has 0 aliphatic rings. The summed E-state index contributed by atoms with van der Waals surface area (Å²) in [5, 5.41) is 10.5. The van der Waals surface area contributed by atoms with Crippen molar-refractivity contribution in [2.24, 2.45) is 0 Å². The van der Waals surface area contributed by atoms with E-state index in [2.05, 4.69) is 27.0 Å². The summed E-state index contributed by atoms with van der Waals surface area (Å²) in [6, 6.07) is 21.3. The van der Waals surface area contributed by atoms with Gasteiger partial charge in [-0.1, -0.05) is 47.7 Å². The average molecular weight is 392 g/mol. The van der Waals surface area contributed by atoms with Crippen molar-refractivity contribution in [3.8, 4) is 5.69 Å². The summed E-state index contributed by atoms with van der Waals surface area (Å²) in [5.41, 5.74) is 2.41. The number of hydrogen-bond acceptors (Lipinski definition) is 2. The Hall–Kier alpha value is -3.61. The molecule has 3 aromatic carbocycles. The Morgan fingerprint density at radius 2 is 1.45 bits per heavy atom. The molecule has 4 nitrogen and oxygen atoms in total. The average Bonchev–Trinajstić information content (AvgIpc) is 3.32. The second-order valence-corrected chi connectivity index (χ2v) is 6.82. The van der Waals surface area contributed by atoms with Crippen molar-refractivity contribution in [2.75, 3.05) is 0 Å². The smallest absolute Gasteiger partial charge is 0.334 e. The summed E-state index contributed by atoms with van der Waals surface area (Å²) < 4.78 is 42.5. The van der Waals surface area contributed by atoms with Gasteiger partial charge >= 0.3 is 6.18 Å². The van der Waals surface area contributed by atoms with Crippen LogP contribution in [0.15, 0.2) is 79.0 Å². The summed E-state index contributed by atoms with van der Waals surface area (Å²) >= 11 is 0. The van der Waals surface area contributed by atoms with E-state index in [0.717, 1.165) is 33.9 Å².